The van der Waals surface area contributed by atoms with Crippen LogP contribution in [0.1, 0.15) is 11.1 Å². The number of carboxylic acids is 1. The zero-order valence-corrected chi connectivity index (χ0v) is 14.6. The molecule has 2 aromatic carbocycles. The SMILES string of the molecule is COc1cc(C=C(C#N)C(=O)O)ccc1OCCOc1ccccc1C. The molecular weight excluding hydrogens is 334 g/mol. The lowest BCUT2D eigenvalue weighted by molar-refractivity contribution is -0.132. The number of rotatable bonds is 8. The summed E-state index contributed by atoms with van der Waals surface area (Å²) in [7, 11) is 1.49. The Hall–Kier alpha value is -3.46. The Kier molecular flexibility index (Phi) is 6.63. The van der Waals surface area contributed by atoms with Crippen LogP contribution in [0.25, 0.3) is 6.08 Å². The van der Waals surface area contributed by atoms with Crippen molar-refractivity contribution in [1.82, 2.24) is 0 Å². The summed E-state index contributed by atoms with van der Waals surface area (Å²) in [5.74, 6) is 0.477. The van der Waals surface area contributed by atoms with Gasteiger partial charge in [-0.2, -0.15) is 5.26 Å². The highest BCUT2D eigenvalue weighted by molar-refractivity contribution is 5.96. The van der Waals surface area contributed by atoms with Gasteiger partial charge in [0.2, 0.25) is 0 Å². The van der Waals surface area contributed by atoms with Crippen LogP contribution in [-0.4, -0.2) is 31.4 Å². The van der Waals surface area contributed by atoms with E-state index in [0.29, 0.717) is 30.3 Å². The van der Waals surface area contributed by atoms with E-state index in [1.165, 1.54) is 13.2 Å². The van der Waals surface area contributed by atoms with E-state index < -0.39 is 5.97 Å². The Morgan fingerprint density at radius 2 is 1.81 bits per heavy atom. The van der Waals surface area contributed by atoms with E-state index in [4.69, 9.17) is 24.6 Å². The van der Waals surface area contributed by atoms with E-state index in [0.717, 1.165) is 11.3 Å². The Balaban J connectivity index is 2.00. The van der Waals surface area contributed by atoms with E-state index in [1.54, 1.807) is 24.3 Å². The Labute approximate surface area is 151 Å². The molecule has 6 heteroatoms. The number of nitriles is 1. The quantitative estimate of drug-likeness (QED) is 0.444. The second kappa shape index (κ2) is 9.14. The topological polar surface area (TPSA) is 88.8 Å². The van der Waals surface area contributed by atoms with Crippen molar-refractivity contribution >= 4 is 12.0 Å². The lowest BCUT2D eigenvalue weighted by atomic mass is 10.1. The van der Waals surface area contributed by atoms with Gasteiger partial charge >= 0.3 is 5.97 Å². The number of hydrogen-bond donors (Lipinski definition) is 1. The molecule has 0 aliphatic carbocycles. The maximum atomic E-state index is 10.9. The van der Waals surface area contributed by atoms with Crippen LogP contribution in [0.2, 0.25) is 0 Å². The van der Waals surface area contributed by atoms with Crippen LogP contribution in [0.5, 0.6) is 17.2 Å². The Morgan fingerprint density at radius 3 is 2.42 bits per heavy atom. The lowest BCUT2D eigenvalue weighted by Crippen LogP contribution is -2.10. The molecule has 0 atom stereocenters. The first-order chi connectivity index (χ1) is 12.5. The number of ether oxygens (including phenoxy) is 3. The fourth-order valence-electron chi connectivity index (χ4n) is 2.22. The molecule has 2 rings (SSSR count). The van der Waals surface area contributed by atoms with Gasteiger partial charge in [0, 0.05) is 0 Å². The normalized spacial score (nSPS) is 10.7. The average molecular weight is 353 g/mol. The second-order valence-corrected chi connectivity index (χ2v) is 5.35. The molecule has 0 spiro atoms. The molecule has 0 aromatic heterocycles. The molecule has 134 valence electrons. The third-order valence-corrected chi connectivity index (χ3v) is 3.54. The van der Waals surface area contributed by atoms with Crippen LogP contribution < -0.4 is 14.2 Å². The average Bonchev–Trinajstić information content (AvgIpc) is 2.64. The molecule has 0 unspecified atom stereocenters. The van der Waals surface area contributed by atoms with Gasteiger partial charge in [0.25, 0.3) is 0 Å². The fraction of sp³-hybridized carbons (Fsp3) is 0.200. The van der Waals surface area contributed by atoms with Crippen molar-refractivity contribution < 1.29 is 24.1 Å². The third kappa shape index (κ3) is 5.02. The van der Waals surface area contributed by atoms with Gasteiger partial charge < -0.3 is 19.3 Å². The zero-order valence-electron chi connectivity index (χ0n) is 14.6. The standard InChI is InChI=1S/C20H19NO5/c1-14-5-3-4-6-17(14)25-9-10-26-18-8-7-15(12-19(18)24-2)11-16(13-21)20(22)23/h3-8,11-12H,9-10H2,1-2H3,(H,22,23). The number of carbonyl (C=O) groups is 1. The highest BCUT2D eigenvalue weighted by atomic mass is 16.5. The molecule has 0 aliphatic rings. The Morgan fingerprint density at radius 1 is 1.12 bits per heavy atom. The summed E-state index contributed by atoms with van der Waals surface area (Å²) in [6.45, 7) is 2.66. The number of aryl methyl sites for hydroxylation is 1. The predicted molar refractivity (Wildman–Crippen MR) is 96.4 cm³/mol. The first kappa shape index (κ1) is 18.9. The summed E-state index contributed by atoms with van der Waals surface area (Å²) in [6, 6.07) is 14.3. The first-order valence-electron chi connectivity index (χ1n) is 7.89. The largest absolute Gasteiger partial charge is 0.493 e. The summed E-state index contributed by atoms with van der Waals surface area (Å²) < 4.78 is 16.6. The molecule has 0 radical (unpaired) electrons. The minimum atomic E-state index is -1.28. The number of para-hydroxylation sites is 1. The van der Waals surface area contributed by atoms with E-state index in [-0.39, 0.29) is 5.57 Å². The third-order valence-electron chi connectivity index (χ3n) is 3.54. The van der Waals surface area contributed by atoms with E-state index in [9.17, 15) is 4.79 Å². The van der Waals surface area contributed by atoms with Crippen molar-refractivity contribution in [3.05, 3.63) is 59.2 Å². The van der Waals surface area contributed by atoms with Crippen molar-refractivity contribution in [1.29, 1.82) is 5.26 Å². The highest BCUT2D eigenvalue weighted by Gasteiger charge is 2.09. The molecule has 2 aromatic rings. The number of methoxy groups -OCH3 is 1. The summed E-state index contributed by atoms with van der Waals surface area (Å²) in [4.78, 5) is 10.9. The smallest absolute Gasteiger partial charge is 0.346 e. The van der Waals surface area contributed by atoms with Gasteiger partial charge in [-0.1, -0.05) is 24.3 Å². The van der Waals surface area contributed by atoms with E-state index in [2.05, 4.69) is 0 Å². The van der Waals surface area contributed by atoms with Crippen LogP contribution >= 0.6 is 0 Å². The predicted octanol–water partition coefficient (Wildman–Crippen LogP) is 3.45. The van der Waals surface area contributed by atoms with Crippen molar-refractivity contribution in [2.75, 3.05) is 20.3 Å². The monoisotopic (exact) mass is 353 g/mol. The molecule has 0 aliphatic heterocycles. The van der Waals surface area contributed by atoms with E-state index >= 15 is 0 Å². The van der Waals surface area contributed by atoms with E-state index in [1.807, 2.05) is 31.2 Å². The van der Waals surface area contributed by atoms with Crippen molar-refractivity contribution in [3.63, 3.8) is 0 Å². The number of nitrogens with zero attached hydrogens (tertiary/aromatic N) is 1. The van der Waals surface area contributed by atoms with Crippen LogP contribution in [0.4, 0.5) is 0 Å². The molecule has 6 nitrogen and oxygen atoms in total. The van der Waals surface area contributed by atoms with Gasteiger partial charge in [-0.25, -0.2) is 4.79 Å². The molecule has 26 heavy (non-hydrogen) atoms. The number of benzene rings is 2. The summed E-state index contributed by atoms with van der Waals surface area (Å²) >= 11 is 0. The lowest BCUT2D eigenvalue weighted by Gasteiger charge is -2.13. The molecule has 0 fully saturated rings. The van der Waals surface area contributed by atoms with Crippen LogP contribution in [0.3, 0.4) is 0 Å². The van der Waals surface area contributed by atoms with Crippen molar-refractivity contribution in [3.8, 4) is 23.3 Å². The molecule has 0 heterocycles. The molecule has 0 amide bonds. The van der Waals surface area contributed by atoms with Crippen molar-refractivity contribution in [2.24, 2.45) is 0 Å². The number of hydrogen-bond acceptors (Lipinski definition) is 5. The maximum absolute atomic E-state index is 10.9. The number of aliphatic carboxylic acids is 1. The molecular formula is C20H19NO5. The molecule has 0 saturated carbocycles. The Bertz CT molecular complexity index is 852. The van der Waals surface area contributed by atoms with Crippen molar-refractivity contribution in [2.45, 2.75) is 6.92 Å². The summed E-state index contributed by atoms with van der Waals surface area (Å²) in [5.41, 5.74) is 1.23. The van der Waals surface area contributed by atoms with Gasteiger partial charge in [-0.05, 0) is 42.3 Å². The minimum absolute atomic E-state index is 0.318. The van der Waals surface area contributed by atoms with Crippen LogP contribution in [-0.2, 0) is 4.79 Å². The van der Waals surface area contributed by atoms with Gasteiger partial charge in [0.05, 0.1) is 7.11 Å². The van der Waals surface area contributed by atoms with Gasteiger partial charge in [0.1, 0.15) is 30.6 Å². The van der Waals surface area contributed by atoms with Crippen LogP contribution in [0.15, 0.2) is 48.0 Å². The first-order valence-corrected chi connectivity index (χ1v) is 7.89. The number of carboxylic acid groups (broad SMARTS) is 1. The zero-order chi connectivity index (χ0) is 18.9. The summed E-state index contributed by atoms with van der Waals surface area (Å²) in [6.07, 6.45) is 1.27. The maximum Gasteiger partial charge on any atom is 0.346 e. The summed E-state index contributed by atoms with van der Waals surface area (Å²) in [5, 5.41) is 17.7. The molecule has 0 bridgehead atoms. The van der Waals surface area contributed by atoms with Gasteiger partial charge in [-0.15, -0.1) is 0 Å². The second-order valence-electron chi connectivity index (χ2n) is 5.35. The van der Waals surface area contributed by atoms with Gasteiger partial charge in [-0.3, -0.25) is 0 Å². The van der Waals surface area contributed by atoms with Gasteiger partial charge in [0.15, 0.2) is 11.5 Å². The molecule has 0 saturated heterocycles. The fourth-order valence-corrected chi connectivity index (χ4v) is 2.22. The minimum Gasteiger partial charge on any atom is -0.493 e. The highest BCUT2D eigenvalue weighted by Crippen LogP contribution is 2.29. The van der Waals surface area contributed by atoms with Crippen LogP contribution in [0, 0.1) is 18.3 Å². The molecule has 1 N–H and O–H groups in total.